The fourth-order valence-electron chi connectivity index (χ4n) is 2.39. The molecule has 1 N–H and O–H groups in total. The Morgan fingerprint density at radius 2 is 1.73 bits per heavy atom. The molecule has 0 radical (unpaired) electrons. The highest BCUT2D eigenvalue weighted by Gasteiger charge is 2.40. The van der Waals surface area contributed by atoms with Crippen LogP contribution in [0.25, 0.3) is 0 Å². The maximum absolute atomic E-state index is 12.3. The number of carbonyl (C=O) groups excluding carboxylic acids is 3. The van der Waals surface area contributed by atoms with E-state index in [0.717, 1.165) is 4.90 Å². The number of nitrogens with one attached hydrogen (secondary N) is 1. The highest BCUT2D eigenvalue weighted by Crippen LogP contribution is 2.24. The monoisotopic (exact) mass is 298 g/mol. The molecule has 0 unspecified atom stereocenters. The Labute approximate surface area is 126 Å². The van der Waals surface area contributed by atoms with Crippen LogP contribution < -0.4 is 5.32 Å². The van der Waals surface area contributed by atoms with Gasteiger partial charge in [-0.2, -0.15) is 5.10 Å². The number of imide groups is 1. The molecule has 1 aliphatic rings. The number of carbonyl (C=O) groups is 3. The molecule has 3 amide bonds. The average molecular weight is 298 g/mol. The number of fused-ring (bicyclic) bond motifs is 1. The van der Waals surface area contributed by atoms with Gasteiger partial charge in [-0.05, 0) is 19.1 Å². The summed E-state index contributed by atoms with van der Waals surface area (Å²) >= 11 is 0. The number of amides is 3. The van der Waals surface area contributed by atoms with E-state index in [-0.39, 0.29) is 0 Å². The highest BCUT2D eigenvalue weighted by atomic mass is 16.2. The molecule has 0 saturated heterocycles. The molecule has 1 aromatic heterocycles. The molecule has 0 spiro atoms. The van der Waals surface area contributed by atoms with E-state index < -0.39 is 23.8 Å². The Kier molecular flexibility index (Phi) is 3.25. The molecule has 2 heterocycles. The molecular weight excluding hydrogens is 284 g/mol. The van der Waals surface area contributed by atoms with E-state index in [9.17, 15) is 14.4 Å². The first kappa shape index (κ1) is 14.0. The zero-order valence-electron chi connectivity index (χ0n) is 12.1. The van der Waals surface area contributed by atoms with Crippen molar-refractivity contribution in [2.45, 2.75) is 13.0 Å². The molecule has 7 heteroatoms. The molecule has 1 atom stereocenters. The fraction of sp³-hybridized carbons (Fsp3) is 0.200. The van der Waals surface area contributed by atoms with Crippen LogP contribution >= 0.6 is 0 Å². The van der Waals surface area contributed by atoms with Gasteiger partial charge < -0.3 is 5.32 Å². The van der Waals surface area contributed by atoms with Crippen molar-refractivity contribution < 1.29 is 14.4 Å². The molecular formula is C15H14N4O3. The Balaban J connectivity index is 1.81. The van der Waals surface area contributed by atoms with Gasteiger partial charge in [0.05, 0.1) is 11.1 Å². The molecule has 1 aromatic carbocycles. The molecule has 112 valence electrons. The second kappa shape index (κ2) is 5.10. The van der Waals surface area contributed by atoms with Crippen molar-refractivity contribution in [1.82, 2.24) is 14.7 Å². The van der Waals surface area contributed by atoms with Crippen LogP contribution in [0.15, 0.2) is 36.5 Å². The van der Waals surface area contributed by atoms with E-state index in [1.807, 2.05) is 0 Å². The van der Waals surface area contributed by atoms with E-state index in [4.69, 9.17) is 0 Å². The van der Waals surface area contributed by atoms with Crippen molar-refractivity contribution in [3.63, 3.8) is 0 Å². The third kappa shape index (κ3) is 2.16. The van der Waals surface area contributed by atoms with E-state index in [2.05, 4.69) is 10.4 Å². The molecule has 0 fully saturated rings. The van der Waals surface area contributed by atoms with Gasteiger partial charge in [0.25, 0.3) is 11.8 Å². The normalized spacial score (nSPS) is 14.9. The van der Waals surface area contributed by atoms with Crippen LogP contribution in [0.5, 0.6) is 0 Å². The smallest absolute Gasteiger partial charge is 0.262 e. The maximum Gasteiger partial charge on any atom is 0.262 e. The zero-order valence-corrected chi connectivity index (χ0v) is 12.1. The first-order chi connectivity index (χ1) is 10.5. The predicted octanol–water partition coefficient (Wildman–Crippen LogP) is 1.04. The van der Waals surface area contributed by atoms with Crippen LogP contribution in [0.4, 0.5) is 5.82 Å². The van der Waals surface area contributed by atoms with E-state index in [0.29, 0.717) is 16.9 Å². The van der Waals surface area contributed by atoms with Crippen molar-refractivity contribution in [3.8, 4) is 0 Å². The first-order valence-electron chi connectivity index (χ1n) is 6.76. The van der Waals surface area contributed by atoms with Gasteiger partial charge in [-0.15, -0.1) is 0 Å². The molecule has 3 rings (SSSR count). The standard InChI is InChI=1S/C15H14N4O3/c1-9(13(20)16-12-7-8-18(2)17-12)19-14(21)10-5-3-4-6-11(10)15(19)22/h3-9H,1-2H3,(H,16,17,20)/t9-/m1/s1. The number of rotatable bonds is 3. The number of hydrogen-bond acceptors (Lipinski definition) is 4. The second-order valence-corrected chi connectivity index (χ2v) is 5.07. The minimum absolute atomic E-state index is 0.324. The van der Waals surface area contributed by atoms with Crippen LogP contribution in [0.3, 0.4) is 0 Å². The lowest BCUT2D eigenvalue weighted by Gasteiger charge is -2.21. The van der Waals surface area contributed by atoms with Gasteiger partial charge in [-0.25, -0.2) is 0 Å². The van der Waals surface area contributed by atoms with Gasteiger partial charge in [0.15, 0.2) is 5.82 Å². The van der Waals surface area contributed by atoms with Crippen molar-refractivity contribution in [2.24, 2.45) is 7.05 Å². The SMILES string of the molecule is C[C@H](C(=O)Nc1ccn(C)n1)N1C(=O)c2ccccc2C1=O. The van der Waals surface area contributed by atoms with Gasteiger partial charge in [-0.3, -0.25) is 24.0 Å². The molecule has 0 aliphatic carbocycles. The van der Waals surface area contributed by atoms with Crippen LogP contribution in [-0.2, 0) is 11.8 Å². The lowest BCUT2D eigenvalue weighted by molar-refractivity contribution is -0.119. The number of aryl methyl sites for hydroxylation is 1. The summed E-state index contributed by atoms with van der Waals surface area (Å²) in [4.78, 5) is 37.8. The average Bonchev–Trinajstić information content (AvgIpc) is 3.01. The van der Waals surface area contributed by atoms with E-state index >= 15 is 0 Å². The Bertz CT molecular complexity index is 746. The lowest BCUT2D eigenvalue weighted by atomic mass is 10.1. The minimum atomic E-state index is -0.922. The fourth-order valence-corrected chi connectivity index (χ4v) is 2.39. The summed E-state index contributed by atoms with van der Waals surface area (Å²) in [5, 5.41) is 6.62. The third-order valence-corrected chi connectivity index (χ3v) is 3.56. The van der Waals surface area contributed by atoms with Crippen molar-refractivity contribution in [1.29, 1.82) is 0 Å². The van der Waals surface area contributed by atoms with Crippen LogP contribution in [0, 0.1) is 0 Å². The van der Waals surface area contributed by atoms with Crippen molar-refractivity contribution in [2.75, 3.05) is 5.32 Å². The van der Waals surface area contributed by atoms with Gasteiger partial charge >= 0.3 is 0 Å². The number of benzene rings is 1. The topological polar surface area (TPSA) is 84.3 Å². The largest absolute Gasteiger partial charge is 0.307 e. The summed E-state index contributed by atoms with van der Waals surface area (Å²) in [6.07, 6.45) is 1.68. The number of aromatic nitrogens is 2. The summed E-state index contributed by atoms with van der Waals surface area (Å²) in [5.74, 6) is -1.00. The van der Waals surface area contributed by atoms with Crippen LogP contribution in [-0.4, -0.2) is 38.4 Å². The Hall–Kier alpha value is -2.96. The van der Waals surface area contributed by atoms with E-state index in [1.165, 1.54) is 6.92 Å². The number of nitrogens with zero attached hydrogens (tertiary/aromatic N) is 3. The quantitative estimate of drug-likeness (QED) is 0.858. The third-order valence-electron chi connectivity index (χ3n) is 3.56. The Morgan fingerprint density at radius 3 is 2.23 bits per heavy atom. The Morgan fingerprint density at radius 1 is 1.14 bits per heavy atom. The number of anilines is 1. The predicted molar refractivity (Wildman–Crippen MR) is 78.2 cm³/mol. The summed E-state index contributed by atoms with van der Waals surface area (Å²) in [6.45, 7) is 1.51. The van der Waals surface area contributed by atoms with Crippen molar-refractivity contribution >= 4 is 23.5 Å². The van der Waals surface area contributed by atoms with Crippen LogP contribution in [0.2, 0.25) is 0 Å². The molecule has 2 aromatic rings. The summed E-state index contributed by atoms with van der Waals surface area (Å²) in [6, 6.07) is 7.25. The molecule has 1 aliphatic heterocycles. The first-order valence-corrected chi connectivity index (χ1v) is 6.76. The lowest BCUT2D eigenvalue weighted by Crippen LogP contribution is -2.45. The summed E-state index contributed by atoms with van der Waals surface area (Å²) < 4.78 is 1.54. The van der Waals surface area contributed by atoms with Gasteiger partial charge in [0.1, 0.15) is 6.04 Å². The second-order valence-electron chi connectivity index (χ2n) is 5.07. The minimum Gasteiger partial charge on any atom is -0.307 e. The van der Waals surface area contributed by atoms with Gasteiger partial charge in [0, 0.05) is 19.3 Å². The van der Waals surface area contributed by atoms with Gasteiger partial charge in [-0.1, -0.05) is 12.1 Å². The van der Waals surface area contributed by atoms with Gasteiger partial charge in [0.2, 0.25) is 5.91 Å². The highest BCUT2D eigenvalue weighted by molar-refractivity contribution is 6.23. The number of hydrogen-bond donors (Lipinski definition) is 1. The molecule has 7 nitrogen and oxygen atoms in total. The van der Waals surface area contributed by atoms with E-state index in [1.54, 1.807) is 48.3 Å². The van der Waals surface area contributed by atoms with Crippen molar-refractivity contribution in [3.05, 3.63) is 47.7 Å². The maximum atomic E-state index is 12.3. The molecule has 0 bridgehead atoms. The molecule has 22 heavy (non-hydrogen) atoms. The summed E-state index contributed by atoms with van der Waals surface area (Å²) in [7, 11) is 1.73. The zero-order chi connectivity index (χ0) is 15.9. The van der Waals surface area contributed by atoms with Crippen LogP contribution in [0.1, 0.15) is 27.6 Å². The summed E-state index contributed by atoms with van der Waals surface area (Å²) in [5.41, 5.74) is 0.648. The molecule has 0 saturated carbocycles.